The number of imidazole rings is 1. The number of aromatic nitrogens is 3. The highest BCUT2D eigenvalue weighted by Crippen LogP contribution is 2.18. The Kier molecular flexibility index (Phi) is 7.60. The van der Waals surface area contributed by atoms with Gasteiger partial charge in [-0.3, -0.25) is 4.98 Å². The summed E-state index contributed by atoms with van der Waals surface area (Å²) in [7, 11) is 0. The van der Waals surface area contributed by atoms with Gasteiger partial charge >= 0.3 is 0 Å². The Hall–Kier alpha value is -3.15. The van der Waals surface area contributed by atoms with Crippen molar-refractivity contribution in [2.24, 2.45) is 0 Å². The van der Waals surface area contributed by atoms with Crippen molar-refractivity contribution < 1.29 is 4.74 Å². The summed E-state index contributed by atoms with van der Waals surface area (Å²) in [6, 6.07) is 21.0. The molecular formula is C24H25ClN4O. The van der Waals surface area contributed by atoms with Gasteiger partial charge in [-0.25, -0.2) is 4.98 Å². The third-order valence-corrected chi connectivity index (χ3v) is 4.89. The van der Waals surface area contributed by atoms with E-state index in [1.165, 1.54) is 11.1 Å². The van der Waals surface area contributed by atoms with Crippen LogP contribution in [0.25, 0.3) is 5.69 Å². The average molecular weight is 421 g/mol. The molecule has 1 atom stereocenters. The van der Waals surface area contributed by atoms with E-state index in [-0.39, 0.29) is 18.4 Å². The summed E-state index contributed by atoms with van der Waals surface area (Å²) < 4.78 is 7.83. The van der Waals surface area contributed by atoms with Gasteiger partial charge < -0.3 is 14.6 Å². The second-order valence-corrected chi connectivity index (χ2v) is 6.95. The van der Waals surface area contributed by atoms with E-state index in [1.807, 2.05) is 35.0 Å². The summed E-state index contributed by atoms with van der Waals surface area (Å²) in [5, 5.41) is 3.58. The fourth-order valence-electron chi connectivity index (χ4n) is 3.08. The van der Waals surface area contributed by atoms with Crippen molar-refractivity contribution in [2.45, 2.75) is 26.1 Å². The Balaban J connectivity index is 0.00000256. The second kappa shape index (κ2) is 10.6. The molecule has 0 saturated carbocycles. The molecule has 0 aliphatic heterocycles. The summed E-state index contributed by atoms with van der Waals surface area (Å²) in [5.41, 5.74) is 4.70. The highest BCUT2D eigenvalue weighted by molar-refractivity contribution is 5.85. The number of pyridine rings is 1. The van der Waals surface area contributed by atoms with Gasteiger partial charge in [-0.05, 0) is 60.0 Å². The minimum atomic E-state index is 0. The van der Waals surface area contributed by atoms with Crippen LogP contribution in [0, 0.1) is 0 Å². The summed E-state index contributed by atoms with van der Waals surface area (Å²) in [5.74, 6) is 0.869. The first-order valence-corrected chi connectivity index (χ1v) is 9.70. The lowest BCUT2D eigenvalue weighted by Crippen LogP contribution is -2.18. The fourth-order valence-corrected chi connectivity index (χ4v) is 3.08. The zero-order valence-corrected chi connectivity index (χ0v) is 17.6. The minimum absolute atomic E-state index is 0. The Morgan fingerprint density at radius 2 is 1.60 bits per heavy atom. The number of ether oxygens (including phenoxy) is 1. The van der Waals surface area contributed by atoms with Crippen LogP contribution in [0.15, 0.2) is 91.8 Å². The summed E-state index contributed by atoms with van der Waals surface area (Å²) >= 11 is 0. The van der Waals surface area contributed by atoms with Gasteiger partial charge in [0.15, 0.2) is 0 Å². The third-order valence-electron chi connectivity index (χ3n) is 4.89. The number of nitrogens with one attached hydrogen (secondary N) is 1. The van der Waals surface area contributed by atoms with Gasteiger partial charge in [-0.2, -0.15) is 0 Å². The monoisotopic (exact) mass is 420 g/mol. The number of halogens is 1. The minimum Gasteiger partial charge on any atom is -0.489 e. The quantitative estimate of drug-likeness (QED) is 0.430. The standard InChI is InChI=1S/C24H24N4O.ClH/c1-19(22-4-6-23(7-5-22)28-15-14-26-18-28)27-16-20-2-8-24(9-3-20)29-17-21-10-12-25-13-11-21;/h2-15,18-19,27H,16-17H2,1H3;1H. The van der Waals surface area contributed by atoms with Crippen molar-refractivity contribution in [3.8, 4) is 11.4 Å². The van der Waals surface area contributed by atoms with Crippen molar-refractivity contribution >= 4 is 12.4 Å². The Labute approximate surface area is 183 Å². The molecule has 1 unspecified atom stereocenters. The van der Waals surface area contributed by atoms with Gasteiger partial charge in [0.25, 0.3) is 0 Å². The number of rotatable bonds is 8. The van der Waals surface area contributed by atoms with E-state index in [2.05, 4.69) is 58.6 Å². The molecule has 2 aromatic heterocycles. The molecule has 4 aromatic rings. The van der Waals surface area contributed by atoms with Crippen LogP contribution < -0.4 is 10.1 Å². The lowest BCUT2D eigenvalue weighted by atomic mass is 10.1. The van der Waals surface area contributed by atoms with Gasteiger partial charge in [-0.1, -0.05) is 24.3 Å². The molecule has 30 heavy (non-hydrogen) atoms. The zero-order chi connectivity index (χ0) is 19.9. The highest BCUT2D eigenvalue weighted by Gasteiger charge is 2.06. The van der Waals surface area contributed by atoms with Gasteiger partial charge in [0.05, 0.1) is 6.33 Å². The van der Waals surface area contributed by atoms with Gasteiger partial charge in [-0.15, -0.1) is 12.4 Å². The molecule has 0 amide bonds. The molecule has 2 aromatic carbocycles. The lowest BCUT2D eigenvalue weighted by Gasteiger charge is -2.15. The Bertz CT molecular complexity index is 1000. The van der Waals surface area contributed by atoms with Crippen LogP contribution in [0.5, 0.6) is 5.75 Å². The van der Waals surface area contributed by atoms with Crippen LogP contribution in [0.4, 0.5) is 0 Å². The fraction of sp³-hybridized carbons (Fsp3) is 0.167. The third kappa shape index (κ3) is 5.69. The summed E-state index contributed by atoms with van der Waals surface area (Å²) in [4.78, 5) is 8.11. The van der Waals surface area contributed by atoms with Crippen LogP contribution in [0.1, 0.15) is 29.7 Å². The van der Waals surface area contributed by atoms with Gasteiger partial charge in [0.1, 0.15) is 12.4 Å². The van der Waals surface area contributed by atoms with Crippen LogP contribution in [-0.4, -0.2) is 14.5 Å². The van der Waals surface area contributed by atoms with Crippen molar-refractivity contribution in [3.05, 3.63) is 108 Å². The van der Waals surface area contributed by atoms with Crippen LogP contribution in [0.2, 0.25) is 0 Å². The molecular weight excluding hydrogens is 396 g/mol. The zero-order valence-electron chi connectivity index (χ0n) is 16.8. The van der Waals surface area contributed by atoms with E-state index in [0.29, 0.717) is 6.61 Å². The van der Waals surface area contributed by atoms with Crippen molar-refractivity contribution in [1.29, 1.82) is 0 Å². The second-order valence-electron chi connectivity index (χ2n) is 6.95. The van der Waals surface area contributed by atoms with Crippen LogP contribution in [0.3, 0.4) is 0 Å². The number of nitrogens with zero attached hydrogens (tertiary/aromatic N) is 3. The van der Waals surface area contributed by atoms with E-state index in [1.54, 1.807) is 24.9 Å². The van der Waals surface area contributed by atoms with Crippen LogP contribution >= 0.6 is 12.4 Å². The maximum Gasteiger partial charge on any atom is 0.119 e. The molecule has 5 nitrogen and oxygen atoms in total. The lowest BCUT2D eigenvalue weighted by molar-refractivity contribution is 0.306. The first-order valence-electron chi connectivity index (χ1n) is 9.70. The number of hydrogen-bond acceptors (Lipinski definition) is 4. The summed E-state index contributed by atoms with van der Waals surface area (Å²) in [6.45, 7) is 3.53. The Morgan fingerprint density at radius 3 is 2.27 bits per heavy atom. The van der Waals surface area contributed by atoms with E-state index < -0.39 is 0 Å². The van der Waals surface area contributed by atoms with E-state index in [9.17, 15) is 0 Å². The van der Waals surface area contributed by atoms with Crippen molar-refractivity contribution in [1.82, 2.24) is 19.9 Å². The topological polar surface area (TPSA) is 52.0 Å². The smallest absolute Gasteiger partial charge is 0.119 e. The maximum absolute atomic E-state index is 5.83. The molecule has 154 valence electrons. The highest BCUT2D eigenvalue weighted by atomic mass is 35.5. The molecule has 1 N–H and O–H groups in total. The molecule has 2 heterocycles. The van der Waals surface area contributed by atoms with Crippen molar-refractivity contribution in [3.63, 3.8) is 0 Å². The predicted molar refractivity (Wildman–Crippen MR) is 121 cm³/mol. The normalized spacial score (nSPS) is 11.5. The number of hydrogen-bond donors (Lipinski definition) is 1. The number of benzene rings is 2. The van der Waals surface area contributed by atoms with Crippen molar-refractivity contribution in [2.75, 3.05) is 0 Å². The first-order chi connectivity index (χ1) is 14.3. The summed E-state index contributed by atoms with van der Waals surface area (Å²) in [6.07, 6.45) is 9.09. The van der Waals surface area contributed by atoms with E-state index >= 15 is 0 Å². The van der Waals surface area contributed by atoms with E-state index in [0.717, 1.165) is 23.5 Å². The molecule has 0 aliphatic rings. The van der Waals surface area contributed by atoms with Gasteiger partial charge in [0, 0.05) is 43.1 Å². The predicted octanol–water partition coefficient (Wildman–Crippen LogP) is 5.12. The molecule has 6 heteroatoms. The first kappa shape index (κ1) is 21.6. The largest absolute Gasteiger partial charge is 0.489 e. The Morgan fingerprint density at radius 1 is 0.867 bits per heavy atom. The molecule has 0 bridgehead atoms. The molecule has 4 rings (SSSR count). The molecule has 0 radical (unpaired) electrons. The maximum atomic E-state index is 5.83. The SMILES string of the molecule is CC(NCc1ccc(OCc2ccncc2)cc1)c1ccc(-n2ccnc2)cc1.Cl. The van der Waals surface area contributed by atoms with E-state index in [4.69, 9.17) is 4.74 Å². The molecule has 0 saturated heterocycles. The van der Waals surface area contributed by atoms with Crippen LogP contribution in [-0.2, 0) is 13.2 Å². The molecule has 0 aliphatic carbocycles. The molecule has 0 fully saturated rings. The van der Waals surface area contributed by atoms with Gasteiger partial charge in [0.2, 0.25) is 0 Å². The average Bonchev–Trinajstić information content (AvgIpc) is 3.33. The molecule has 0 spiro atoms.